The third kappa shape index (κ3) is 4.12. The lowest BCUT2D eigenvalue weighted by Gasteiger charge is -2.10. The Labute approximate surface area is 106 Å². The smallest absolute Gasteiger partial charge is 0.229 e. The second-order valence-electron chi connectivity index (χ2n) is 4.09. The van der Waals surface area contributed by atoms with E-state index in [0.717, 1.165) is 29.7 Å². The Balaban J connectivity index is 2.24. The highest BCUT2D eigenvalue weighted by Gasteiger charge is 2.23. The molecule has 0 aromatic heterocycles. The van der Waals surface area contributed by atoms with E-state index in [9.17, 15) is 8.42 Å². The lowest BCUT2D eigenvalue weighted by molar-refractivity contribution is 0.302. The van der Waals surface area contributed by atoms with E-state index in [1.165, 1.54) is 0 Å². The summed E-state index contributed by atoms with van der Waals surface area (Å²) in [7, 11) is -3.25. The minimum absolute atomic E-state index is 0.304. The molecule has 0 saturated heterocycles. The molecule has 0 aliphatic heterocycles. The first kappa shape index (κ1) is 12.6. The largest absolute Gasteiger partial charge is 0.490 e. The summed E-state index contributed by atoms with van der Waals surface area (Å²) in [5.74, 6) is 0.727. The van der Waals surface area contributed by atoms with E-state index in [0.29, 0.717) is 11.8 Å². The number of rotatable bonds is 5. The first-order chi connectivity index (χ1) is 7.96. The normalized spacial score (nSPS) is 15.6. The van der Waals surface area contributed by atoms with E-state index < -0.39 is 10.0 Å². The van der Waals surface area contributed by atoms with Crippen LogP contribution in [0.15, 0.2) is 23.1 Å². The zero-order chi connectivity index (χ0) is 12.5. The molecule has 0 radical (unpaired) electrons. The van der Waals surface area contributed by atoms with E-state index in [1.54, 1.807) is 23.9 Å². The highest BCUT2D eigenvalue weighted by atomic mass is 32.2. The van der Waals surface area contributed by atoms with Gasteiger partial charge in [0.15, 0.2) is 0 Å². The summed E-state index contributed by atoms with van der Waals surface area (Å²) in [5.41, 5.74) is 0.551. The fourth-order valence-corrected chi connectivity index (χ4v) is 2.43. The summed E-state index contributed by atoms with van der Waals surface area (Å²) in [4.78, 5) is 0.981. The number of ether oxygens (including phenoxy) is 1. The van der Waals surface area contributed by atoms with Gasteiger partial charge in [-0.3, -0.25) is 4.72 Å². The van der Waals surface area contributed by atoms with Crippen molar-refractivity contribution in [2.45, 2.75) is 23.8 Å². The molecular weight excluding hydrogens is 258 g/mol. The van der Waals surface area contributed by atoms with Crippen LogP contribution in [0.5, 0.6) is 5.75 Å². The van der Waals surface area contributed by atoms with Gasteiger partial charge in [0, 0.05) is 11.0 Å². The molecule has 94 valence electrons. The lowest BCUT2D eigenvalue weighted by Crippen LogP contribution is -2.09. The van der Waals surface area contributed by atoms with Crippen molar-refractivity contribution in [3.05, 3.63) is 18.2 Å². The Bertz CT molecular complexity index is 509. The summed E-state index contributed by atoms with van der Waals surface area (Å²) in [6, 6.07) is 5.45. The maximum absolute atomic E-state index is 11.2. The summed E-state index contributed by atoms with van der Waals surface area (Å²) < 4.78 is 30.5. The number of sulfonamides is 1. The first-order valence-electron chi connectivity index (χ1n) is 5.30. The highest BCUT2D eigenvalue weighted by Crippen LogP contribution is 2.32. The van der Waals surface area contributed by atoms with Crippen LogP contribution in [0.25, 0.3) is 0 Å². The number of hydrogen-bond acceptors (Lipinski definition) is 4. The van der Waals surface area contributed by atoms with Gasteiger partial charge >= 0.3 is 0 Å². The van der Waals surface area contributed by atoms with Gasteiger partial charge in [-0.05, 0) is 31.2 Å². The number of nitrogens with one attached hydrogen (secondary N) is 1. The van der Waals surface area contributed by atoms with Crippen molar-refractivity contribution >= 4 is 27.5 Å². The van der Waals surface area contributed by atoms with Crippen LogP contribution in [0.3, 0.4) is 0 Å². The molecule has 1 aliphatic carbocycles. The Morgan fingerprint density at radius 3 is 2.59 bits per heavy atom. The maximum atomic E-state index is 11.2. The number of anilines is 1. The topological polar surface area (TPSA) is 55.4 Å². The molecule has 0 amide bonds. The van der Waals surface area contributed by atoms with Crippen molar-refractivity contribution in [3.8, 4) is 5.75 Å². The van der Waals surface area contributed by atoms with Gasteiger partial charge in [0.25, 0.3) is 0 Å². The molecule has 0 bridgehead atoms. The van der Waals surface area contributed by atoms with Gasteiger partial charge in [-0.1, -0.05) is 0 Å². The van der Waals surface area contributed by atoms with Crippen molar-refractivity contribution in [1.82, 2.24) is 0 Å². The molecule has 1 aromatic rings. The van der Waals surface area contributed by atoms with Crippen molar-refractivity contribution < 1.29 is 13.2 Å². The molecule has 1 saturated carbocycles. The third-order valence-electron chi connectivity index (χ3n) is 2.25. The van der Waals surface area contributed by atoms with Crippen molar-refractivity contribution in [2.24, 2.45) is 0 Å². The van der Waals surface area contributed by atoms with Crippen LogP contribution >= 0.6 is 11.8 Å². The summed E-state index contributed by atoms with van der Waals surface area (Å²) in [6.45, 7) is 0. The number of hydrogen-bond donors (Lipinski definition) is 1. The average molecular weight is 273 g/mol. The highest BCUT2D eigenvalue weighted by molar-refractivity contribution is 7.98. The molecule has 1 aromatic carbocycles. The Hall–Kier alpha value is -0.880. The van der Waals surface area contributed by atoms with Crippen molar-refractivity contribution in [2.75, 3.05) is 17.2 Å². The minimum Gasteiger partial charge on any atom is -0.490 e. The van der Waals surface area contributed by atoms with Crippen LogP contribution in [0.1, 0.15) is 12.8 Å². The summed E-state index contributed by atoms with van der Waals surface area (Å²) in [5, 5.41) is 0. The van der Waals surface area contributed by atoms with Crippen LogP contribution < -0.4 is 9.46 Å². The van der Waals surface area contributed by atoms with Gasteiger partial charge in [0.1, 0.15) is 5.75 Å². The SMILES string of the molecule is CSc1cc(NS(C)(=O)=O)cc(OC2CC2)c1. The lowest BCUT2D eigenvalue weighted by atomic mass is 10.3. The average Bonchev–Trinajstić information content (AvgIpc) is 2.98. The van der Waals surface area contributed by atoms with Gasteiger partial charge in [-0.15, -0.1) is 11.8 Å². The summed E-state index contributed by atoms with van der Waals surface area (Å²) in [6.07, 6.45) is 5.55. The molecule has 1 N–H and O–H groups in total. The quantitative estimate of drug-likeness (QED) is 0.837. The Morgan fingerprint density at radius 1 is 1.35 bits per heavy atom. The maximum Gasteiger partial charge on any atom is 0.229 e. The van der Waals surface area contributed by atoms with Crippen LogP contribution in [0.4, 0.5) is 5.69 Å². The first-order valence-corrected chi connectivity index (χ1v) is 8.41. The van der Waals surface area contributed by atoms with E-state index in [-0.39, 0.29) is 0 Å². The molecule has 2 rings (SSSR count). The van der Waals surface area contributed by atoms with Crippen LogP contribution in [-0.2, 0) is 10.0 Å². The molecule has 0 spiro atoms. The molecule has 0 unspecified atom stereocenters. The van der Waals surface area contributed by atoms with Crippen LogP contribution in [-0.4, -0.2) is 27.0 Å². The Kier molecular flexibility index (Phi) is 3.53. The fraction of sp³-hybridized carbons (Fsp3) is 0.455. The van der Waals surface area contributed by atoms with E-state index in [2.05, 4.69) is 4.72 Å². The van der Waals surface area contributed by atoms with Gasteiger partial charge in [0.2, 0.25) is 10.0 Å². The third-order valence-corrected chi connectivity index (χ3v) is 3.56. The van der Waals surface area contributed by atoms with Gasteiger partial charge in [-0.25, -0.2) is 8.42 Å². The summed E-state index contributed by atoms with van der Waals surface area (Å²) >= 11 is 1.56. The zero-order valence-corrected chi connectivity index (χ0v) is 11.4. The van der Waals surface area contributed by atoms with Crippen molar-refractivity contribution in [1.29, 1.82) is 0 Å². The second kappa shape index (κ2) is 4.78. The molecule has 1 aliphatic rings. The molecule has 6 heteroatoms. The minimum atomic E-state index is -3.25. The van der Waals surface area contributed by atoms with Gasteiger partial charge in [-0.2, -0.15) is 0 Å². The van der Waals surface area contributed by atoms with Gasteiger partial charge in [0.05, 0.1) is 18.0 Å². The van der Waals surface area contributed by atoms with Crippen molar-refractivity contribution in [3.63, 3.8) is 0 Å². The monoisotopic (exact) mass is 273 g/mol. The fourth-order valence-electron chi connectivity index (χ4n) is 1.41. The number of thioether (sulfide) groups is 1. The molecule has 0 heterocycles. The zero-order valence-electron chi connectivity index (χ0n) is 9.76. The Morgan fingerprint density at radius 2 is 2.06 bits per heavy atom. The van der Waals surface area contributed by atoms with Crippen LogP contribution in [0, 0.1) is 0 Å². The van der Waals surface area contributed by atoms with Gasteiger partial charge < -0.3 is 4.74 Å². The predicted octanol–water partition coefficient (Wildman–Crippen LogP) is 2.32. The molecular formula is C11H15NO3S2. The second-order valence-corrected chi connectivity index (χ2v) is 6.72. The van der Waals surface area contributed by atoms with E-state index >= 15 is 0 Å². The standard InChI is InChI=1S/C11H15NO3S2/c1-16-11-6-8(12-17(2,13)14)5-10(7-11)15-9-3-4-9/h5-7,9,12H,3-4H2,1-2H3. The number of benzene rings is 1. The van der Waals surface area contributed by atoms with E-state index in [1.807, 2.05) is 12.3 Å². The van der Waals surface area contributed by atoms with E-state index in [4.69, 9.17) is 4.74 Å². The van der Waals surface area contributed by atoms with Crippen LogP contribution in [0.2, 0.25) is 0 Å². The predicted molar refractivity (Wildman–Crippen MR) is 70.3 cm³/mol. The molecule has 0 atom stereocenters. The molecule has 1 fully saturated rings. The molecule has 4 nitrogen and oxygen atoms in total. The molecule has 17 heavy (non-hydrogen) atoms.